The molecule has 0 aliphatic carbocycles. The lowest BCUT2D eigenvalue weighted by Gasteiger charge is -2.24. The fraction of sp³-hybridized carbons (Fsp3) is 0.632. The van der Waals surface area contributed by atoms with Crippen LogP contribution in [0.4, 0.5) is 8.78 Å². The van der Waals surface area contributed by atoms with E-state index in [0.717, 1.165) is 31.2 Å². The van der Waals surface area contributed by atoms with Crippen LogP contribution in [0.2, 0.25) is 0 Å². The van der Waals surface area contributed by atoms with Crippen LogP contribution in [0.1, 0.15) is 25.3 Å². The maximum Gasteiger partial charge on any atom is 0.387 e. The molecule has 1 saturated heterocycles. The van der Waals surface area contributed by atoms with Gasteiger partial charge in [0.05, 0.1) is 7.11 Å². The van der Waals surface area contributed by atoms with Gasteiger partial charge >= 0.3 is 6.61 Å². The highest BCUT2D eigenvalue weighted by molar-refractivity contribution is 5.79. The third-order valence-corrected chi connectivity index (χ3v) is 4.78. The zero-order valence-electron chi connectivity index (χ0n) is 16.3. The van der Waals surface area contributed by atoms with E-state index in [9.17, 15) is 8.78 Å². The molecule has 1 atom stereocenters. The number of likely N-dealkylation sites (N-methyl/N-ethyl adjacent to an activating group) is 1. The van der Waals surface area contributed by atoms with E-state index in [1.807, 2.05) is 6.07 Å². The van der Waals surface area contributed by atoms with Crippen LogP contribution in [0.3, 0.4) is 0 Å². The topological polar surface area (TPSA) is 58.1 Å². The van der Waals surface area contributed by atoms with Gasteiger partial charge in [0, 0.05) is 26.2 Å². The Morgan fingerprint density at radius 2 is 2.15 bits per heavy atom. The van der Waals surface area contributed by atoms with Gasteiger partial charge in [-0.25, -0.2) is 0 Å². The van der Waals surface area contributed by atoms with Gasteiger partial charge in [-0.2, -0.15) is 8.78 Å². The number of nitrogens with one attached hydrogen (secondary N) is 2. The van der Waals surface area contributed by atoms with Crippen molar-refractivity contribution in [3.8, 4) is 11.5 Å². The molecule has 8 heteroatoms. The molecule has 1 aliphatic heterocycles. The predicted octanol–water partition coefficient (Wildman–Crippen LogP) is 2.49. The van der Waals surface area contributed by atoms with Gasteiger partial charge in [-0.1, -0.05) is 13.0 Å². The minimum atomic E-state index is -2.88. The molecule has 27 heavy (non-hydrogen) atoms. The Balaban J connectivity index is 1.81. The van der Waals surface area contributed by atoms with Crippen molar-refractivity contribution in [3.05, 3.63) is 23.8 Å². The molecule has 1 aliphatic rings. The Bertz CT molecular complexity index is 613. The molecular weight excluding hydrogens is 354 g/mol. The first-order chi connectivity index (χ1) is 13.1. The summed E-state index contributed by atoms with van der Waals surface area (Å²) in [7, 11) is 3.16. The minimum Gasteiger partial charge on any atom is -0.493 e. The summed E-state index contributed by atoms with van der Waals surface area (Å²) in [6.07, 6.45) is 3.10. The lowest BCUT2D eigenvalue weighted by atomic mass is 10.1. The fourth-order valence-electron chi connectivity index (χ4n) is 3.37. The second-order valence-electron chi connectivity index (χ2n) is 6.42. The smallest absolute Gasteiger partial charge is 0.387 e. The summed E-state index contributed by atoms with van der Waals surface area (Å²) in [6.45, 7) is 3.03. The number of hydrogen-bond donors (Lipinski definition) is 2. The van der Waals surface area contributed by atoms with Crippen molar-refractivity contribution in [2.24, 2.45) is 4.99 Å². The minimum absolute atomic E-state index is 0.0494. The standard InChI is InChI=1S/C19H30F2N4O2/c1-4-25-11-5-6-15(25)13-24-19(22-2)23-10-9-14-7-8-16(26-3)17(12-14)27-18(20)21/h7-8,12,15,18H,4-6,9-11,13H2,1-3H3,(H2,22,23,24). The molecule has 152 valence electrons. The van der Waals surface area contributed by atoms with Crippen LogP contribution in [-0.4, -0.2) is 63.8 Å². The number of rotatable bonds is 9. The SMILES string of the molecule is CCN1CCCC1CNC(=NC)NCCc1ccc(OC)c(OC(F)F)c1. The molecule has 1 unspecified atom stereocenters. The van der Waals surface area contributed by atoms with E-state index in [-0.39, 0.29) is 5.75 Å². The third-order valence-electron chi connectivity index (χ3n) is 4.78. The normalized spacial score (nSPS) is 18.0. The van der Waals surface area contributed by atoms with Crippen LogP contribution >= 0.6 is 0 Å². The molecule has 1 aromatic rings. The van der Waals surface area contributed by atoms with E-state index >= 15 is 0 Å². The zero-order valence-corrected chi connectivity index (χ0v) is 16.3. The third kappa shape index (κ3) is 6.53. The Morgan fingerprint density at radius 1 is 1.33 bits per heavy atom. The van der Waals surface area contributed by atoms with E-state index in [1.165, 1.54) is 20.0 Å². The second kappa shape index (κ2) is 10.9. The van der Waals surface area contributed by atoms with Crippen molar-refractivity contribution in [2.75, 3.05) is 40.3 Å². The van der Waals surface area contributed by atoms with Crippen molar-refractivity contribution >= 4 is 5.96 Å². The van der Waals surface area contributed by atoms with Crippen molar-refractivity contribution in [1.29, 1.82) is 0 Å². The monoisotopic (exact) mass is 384 g/mol. The first-order valence-electron chi connectivity index (χ1n) is 9.37. The van der Waals surface area contributed by atoms with E-state index in [4.69, 9.17) is 4.74 Å². The summed E-state index contributed by atoms with van der Waals surface area (Å²) in [4.78, 5) is 6.72. The highest BCUT2D eigenvalue weighted by atomic mass is 19.3. The first-order valence-corrected chi connectivity index (χ1v) is 9.37. The van der Waals surface area contributed by atoms with Crippen LogP contribution in [0.5, 0.6) is 11.5 Å². The molecule has 0 aromatic heterocycles. The number of halogens is 2. The number of likely N-dealkylation sites (tertiary alicyclic amines) is 1. The maximum atomic E-state index is 12.5. The highest BCUT2D eigenvalue weighted by Crippen LogP contribution is 2.29. The summed E-state index contributed by atoms with van der Waals surface area (Å²) in [5.41, 5.74) is 0.877. The lowest BCUT2D eigenvalue weighted by Crippen LogP contribution is -2.45. The summed E-state index contributed by atoms with van der Waals surface area (Å²) in [6, 6.07) is 5.61. The van der Waals surface area contributed by atoms with Gasteiger partial charge in [-0.15, -0.1) is 0 Å². The first kappa shape index (κ1) is 21.2. The van der Waals surface area contributed by atoms with Crippen LogP contribution in [0.25, 0.3) is 0 Å². The number of nitrogens with zero attached hydrogens (tertiary/aromatic N) is 2. The number of benzene rings is 1. The predicted molar refractivity (Wildman–Crippen MR) is 103 cm³/mol. The van der Waals surface area contributed by atoms with Gasteiger partial charge in [-0.05, 0) is 50.0 Å². The molecular formula is C19H30F2N4O2. The van der Waals surface area contributed by atoms with Gasteiger partial charge in [0.2, 0.25) is 0 Å². The fourth-order valence-corrected chi connectivity index (χ4v) is 3.37. The summed E-state index contributed by atoms with van der Waals surface area (Å²) in [5, 5.41) is 6.63. The van der Waals surface area contributed by atoms with E-state index < -0.39 is 6.61 Å². The van der Waals surface area contributed by atoms with Crippen molar-refractivity contribution in [1.82, 2.24) is 15.5 Å². The number of hydrogen-bond acceptors (Lipinski definition) is 4. The van der Waals surface area contributed by atoms with Crippen LogP contribution in [0, 0.1) is 0 Å². The second-order valence-corrected chi connectivity index (χ2v) is 6.42. The van der Waals surface area contributed by atoms with Crippen molar-refractivity contribution in [3.63, 3.8) is 0 Å². The van der Waals surface area contributed by atoms with E-state index in [1.54, 1.807) is 19.2 Å². The molecule has 1 heterocycles. The van der Waals surface area contributed by atoms with Gasteiger partial charge < -0.3 is 20.1 Å². The molecule has 0 amide bonds. The maximum absolute atomic E-state index is 12.5. The Labute approximate surface area is 159 Å². The lowest BCUT2D eigenvalue weighted by molar-refractivity contribution is -0.0512. The molecule has 0 spiro atoms. The van der Waals surface area contributed by atoms with Crippen LogP contribution in [0.15, 0.2) is 23.2 Å². The summed E-state index contributed by atoms with van der Waals surface area (Å²) >= 11 is 0. The number of methoxy groups -OCH3 is 1. The summed E-state index contributed by atoms with van der Waals surface area (Å²) < 4.78 is 34.6. The van der Waals surface area contributed by atoms with E-state index in [2.05, 4.69) is 32.2 Å². The molecule has 2 rings (SSSR count). The average Bonchev–Trinajstić information content (AvgIpc) is 3.11. The van der Waals surface area contributed by atoms with Gasteiger partial charge in [0.25, 0.3) is 0 Å². The van der Waals surface area contributed by atoms with Crippen LogP contribution in [-0.2, 0) is 6.42 Å². The quantitative estimate of drug-likeness (QED) is 0.506. The molecule has 0 saturated carbocycles. The molecule has 2 N–H and O–H groups in total. The largest absolute Gasteiger partial charge is 0.493 e. The molecule has 6 nitrogen and oxygen atoms in total. The van der Waals surface area contributed by atoms with Crippen molar-refractivity contribution in [2.45, 2.75) is 38.8 Å². The van der Waals surface area contributed by atoms with Gasteiger partial charge in [0.15, 0.2) is 17.5 Å². The Hall–Kier alpha value is -2.09. The number of alkyl halides is 2. The number of guanidine groups is 1. The number of aliphatic imine (C=N–C) groups is 1. The molecule has 0 bridgehead atoms. The Morgan fingerprint density at radius 3 is 2.81 bits per heavy atom. The van der Waals surface area contributed by atoms with Crippen LogP contribution < -0.4 is 20.1 Å². The molecule has 1 aromatic carbocycles. The van der Waals surface area contributed by atoms with E-state index in [0.29, 0.717) is 24.8 Å². The van der Waals surface area contributed by atoms with Crippen molar-refractivity contribution < 1.29 is 18.3 Å². The highest BCUT2D eigenvalue weighted by Gasteiger charge is 2.22. The summed E-state index contributed by atoms with van der Waals surface area (Å²) in [5.74, 6) is 1.09. The molecule has 0 radical (unpaired) electrons. The average molecular weight is 384 g/mol. The number of ether oxygens (including phenoxy) is 2. The van der Waals surface area contributed by atoms with Gasteiger partial charge in [0.1, 0.15) is 0 Å². The molecule has 1 fully saturated rings. The zero-order chi connectivity index (χ0) is 19.6. The van der Waals surface area contributed by atoms with Gasteiger partial charge in [-0.3, -0.25) is 9.89 Å². The Kier molecular flexibility index (Phi) is 8.57.